The molecule has 0 bridgehead atoms. The third-order valence-corrected chi connectivity index (χ3v) is 2.62. The molecule has 0 amide bonds. The minimum atomic E-state index is -0.196. The van der Waals surface area contributed by atoms with E-state index in [2.05, 4.69) is 6.58 Å². The molecule has 17 heavy (non-hydrogen) atoms. The number of hydrogen-bond acceptors (Lipinski definition) is 4. The summed E-state index contributed by atoms with van der Waals surface area (Å²) < 4.78 is 10.6. The van der Waals surface area contributed by atoms with Crippen LogP contribution in [0.15, 0.2) is 24.8 Å². The van der Waals surface area contributed by atoms with Gasteiger partial charge >= 0.3 is 0 Å². The third kappa shape index (κ3) is 2.99. The Labute approximate surface area is 102 Å². The molecule has 0 radical (unpaired) electrons. The van der Waals surface area contributed by atoms with Crippen LogP contribution in [0.2, 0.25) is 0 Å². The molecule has 0 aromatic heterocycles. The van der Waals surface area contributed by atoms with Crippen LogP contribution in [0.25, 0.3) is 0 Å². The van der Waals surface area contributed by atoms with E-state index in [9.17, 15) is 0 Å². The highest BCUT2D eigenvalue weighted by Crippen LogP contribution is 2.34. The van der Waals surface area contributed by atoms with E-state index in [-0.39, 0.29) is 6.04 Å². The number of benzene rings is 1. The maximum absolute atomic E-state index is 5.93. The fourth-order valence-electron chi connectivity index (χ4n) is 1.72. The molecule has 1 atom stereocenters. The quantitative estimate of drug-likeness (QED) is 0.732. The second kappa shape index (κ2) is 6.27. The van der Waals surface area contributed by atoms with Crippen molar-refractivity contribution < 1.29 is 9.47 Å². The van der Waals surface area contributed by atoms with E-state index in [1.807, 2.05) is 18.2 Å². The normalized spacial score (nSPS) is 12.0. The van der Waals surface area contributed by atoms with E-state index in [0.717, 1.165) is 16.9 Å². The van der Waals surface area contributed by atoms with E-state index in [1.165, 1.54) is 0 Å². The Morgan fingerprint density at radius 1 is 1.35 bits per heavy atom. The van der Waals surface area contributed by atoms with Crippen molar-refractivity contribution in [2.45, 2.75) is 12.5 Å². The van der Waals surface area contributed by atoms with Gasteiger partial charge in [-0.3, -0.25) is 0 Å². The van der Waals surface area contributed by atoms with Gasteiger partial charge in [-0.2, -0.15) is 0 Å². The molecule has 0 unspecified atom stereocenters. The van der Waals surface area contributed by atoms with Crippen molar-refractivity contribution in [3.05, 3.63) is 35.9 Å². The fourth-order valence-corrected chi connectivity index (χ4v) is 1.72. The van der Waals surface area contributed by atoms with Crippen LogP contribution < -0.4 is 20.9 Å². The lowest BCUT2D eigenvalue weighted by molar-refractivity contribution is 0.351. The van der Waals surface area contributed by atoms with Gasteiger partial charge in [0.2, 0.25) is 0 Å². The van der Waals surface area contributed by atoms with Gasteiger partial charge in [-0.05, 0) is 24.1 Å². The minimum Gasteiger partial charge on any atom is -0.493 e. The second-order valence-electron chi connectivity index (χ2n) is 3.75. The van der Waals surface area contributed by atoms with Crippen LogP contribution in [0.3, 0.4) is 0 Å². The number of nitrogens with two attached hydrogens (primary N) is 2. The largest absolute Gasteiger partial charge is 0.493 e. The van der Waals surface area contributed by atoms with Gasteiger partial charge in [0.25, 0.3) is 0 Å². The van der Waals surface area contributed by atoms with E-state index >= 15 is 0 Å². The Balaban J connectivity index is 3.28. The lowest BCUT2D eigenvalue weighted by atomic mass is 10.0. The number of rotatable bonds is 6. The highest BCUT2D eigenvalue weighted by molar-refractivity contribution is 5.51. The van der Waals surface area contributed by atoms with E-state index in [0.29, 0.717) is 18.7 Å². The van der Waals surface area contributed by atoms with Crippen molar-refractivity contribution in [2.24, 2.45) is 11.5 Å². The Morgan fingerprint density at radius 2 is 2.06 bits per heavy atom. The Hall–Kier alpha value is -1.52. The molecule has 0 aliphatic carbocycles. The van der Waals surface area contributed by atoms with Crippen molar-refractivity contribution in [3.63, 3.8) is 0 Å². The first kappa shape index (κ1) is 13.5. The maximum atomic E-state index is 5.93. The fraction of sp³-hybridized carbons (Fsp3) is 0.385. The average molecular weight is 236 g/mol. The molecule has 0 spiro atoms. The number of ether oxygens (including phenoxy) is 2. The smallest absolute Gasteiger partial charge is 0.164 e. The Kier molecular flexibility index (Phi) is 5.00. The molecule has 0 heterocycles. The summed E-state index contributed by atoms with van der Waals surface area (Å²) in [5, 5.41) is 0. The van der Waals surface area contributed by atoms with Crippen LogP contribution in [-0.2, 0) is 6.42 Å². The molecule has 0 aliphatic heterocycles. The van der Waals surface area contributed by atoms with Crippen molar-refractivity contribution in [2.75, 3.05) is 20.8 Å². The van der Waals surface area contributed by atoms with Crippen LogP contribution in [0.4, 0.5) is 0 Å². The molecule has 1 aromatic carbocycles. The van der Waals surface area contributed by atoms with E-state index in [4.69, 9.17) is 20.9 Å². The summed E-state index contributed by atoms with van der Waals surface area (Å²) in [6, 6.07) is 3.65. The highest BCUT2D eigenvalue weighted by Gasteiger charge is 2.14. The summed E-state index contributed by atoms with van der Waals surface area (Å²) >= 11 is 0. The Morgan fingerprint density at radius 3 is 2.53 bits per heavy atom. The summed E-state index contributed by atoms with van der Waals surface area (Å²) in [6.07, 6.45) is 2.51. The van der Waals surface area contributed by atoms with Gasteiger partial charge in [-0.25, -0.2) is 0 Å². The molecule has 0 saturated heterocycles. The molecule has 1 rings (SSSR count). The molecule has 0 saturated carbocycles. The highest BCUT2D eigenvalue weighted by atomic mass is 16.5. The first-order valence-electron chi connectivity index (χ1n) is 5.49. The van der Waals surface area contributed by atoms with Gasteiger partial charge < -0.3 is 20.9 Å². The summed E-state index contributed by atoms with van der Waals surface area (Å²) in [5.41, 5.74) is 13.4. The molecule has 1 aromatic rings. The van der Waals surface area contributed by atoms with Crippen LogP contribution in [-0.4, -0.2) is 20.8 Å². The zero-order valence-corrected chi connectivity index (χ0v) is 10.4. The van der Waals surface area contributed by atoms with E-state index in [1.54, 1.807) is 14.2 Å². The molecule has 4 N–H and O–H groups in total. The van der Waals surface area contributed by atoms with Gasteiger partial charge in [0.05, 0.1) is 14.2 Å². The van der Waals surface area contributed by atoms with Gasteiger partial charge in [-0.15, -0.1) is 6.58 Å². The number of methoxy groups -OCH3 is 2. The molecule has 0 fully saturated rings. The monoisotopic (exact) mass is 236 g/mol. The SMILES string of the molecule is C=CCc1cc([C@@H](N)CN)cc(OC)c1OC. The number of hydrogen-bond donors (Lipinski definition) is 2. The van der Waals surface area contributed by atoms with Crippen LogP contribution in [0, 0.1) is 0 Å². The van der Waals surface area contributed by atoms with Crippen LogP contribution >= 0.6 is 0 Å². The van der Waals surface area contributed by atoms with E-state index < -0.39 is 0 Å². The second-order valence-corrected chi connectivity index (χ2v) is 3.75. The van der Waals surface area contributed by atoms with Gasteiger partial charge in [0.15, 0.2) is 11.5 Å². The molecule has 4 nitrogen and oxygen atoms in total. The minimum absolute atomic E-state index is 0.196. The van der Waals surface area contributed by atoms with Crippen molar-refractivity contribution >= 4 is 0 Å². The standard InChI is InChI=1S/C13H20N2O2/c1-4-5-9-6-10(11(15)8-14)7-12(16-2)13(9)17-3/h4,6-7,11H,1,5,8,14-15H2,2-3H3/t11-/m0/s1. The topological polar surface area (TPSA) is 70.5 Å². The lowest BCUT2D eigenvalue weighted by Crippen LogP contribution is -2.21. The zero-order valence-electron chi connectivity index (χ0n) is 10.4. The molecule has 0 aliphatic rings. The predicted octanol–water partition coefficient (Wildman–Crippen LogP) is 1.39. The van der Waals surface area contributed by atoms with Crippen LogP contribution in [0.1, 0.15) is 17.2 Å². The lowest BCUT2D eigenvalue weighted by Gasteiger charge is -2.17. The summed E-state index contributed by atoms with van der Waals surface area (Å²) in [4.78, 5) is 0. The van der Waals surface area contributed by atoms with Gasteiger partial charge in [0, 0.05) is 18.2 Å². The zero-order chi connectivity index (χ0) is 12.8. The summed E-state index contributed by atoms with van der Waals surface area (Å²) in [5.74, 6) is 1.39. The molecular weight excluding hydrogens is 216 g/mol. The third-order valence-electron chi connectivity index (χ3n) is 2.62. The van der Waals surface area contributed by atoms with Crippen molar-refractivity contribution in [1.29, 1.82) is 0 Å². The molecule has 94 valence electrons. The van der Waals surface area contributed by atoms with Gasteiger partial charge in [-0.1, -0.05) is 6.08 Å². The average Bonchev–Trinajstić information content (AvgIpc) is 2.37. The predicted molar refractivity (Wildman–Crippen MR) is 69.4 cm³/mol. The first-order valence-corrected chi connectivity index (χ1v) is 5.49. The molecule has 4 heteroatoms. The Bertz CT molecular complexity index is 391. The van der Waals surface area contributed by atoms with Crippen LogP contribution in [0.5, 0.6) is 11.5 Å². The number of allylic oxidation sites excluding steroid dienone is 1. The van der Waals surface area contributed by atoms with Gasteiger partial charge in [0.1, 0.15) is 0 Å². The maximum Gasteiger partial charge on any atom is 0.164 e. The first-order chi connectivity index (χ1) is 8.17. The summed E-state index contributed by atoms with van der Waals surface area (Å²) in [6.45, 7) is 4.12. The molecular formula is C13H20N2O2. The summed E-state index contributed by atoms with van der Waals surface area (Å²) in [7, 11) is 3.22. The van der Waals surface area contributed by atoms with Crippen molar-refractivity contribution in [3.8, 4) is 11.5 Å². The van der Waals surface area contributed by atoms with Crippen molar-refractivity contribution in [1.82, 2.24) is 0 Å².